The molecule has 1 aromatic heterocycles. The van der Waals surface area contributed by atoms with Crippen LogP contribution < -0.4 is 10.5 Å². The van der Waals surface area contributed by atoms with Gasteiger partial charge in [0.25, 0.3) is 0 Å². The molecule has 1 aromatic rings. The molecule has 0 bridgehead atoms. The maximum absolute atomic E-state index is 14.1. The first-order valence-corrected chi connectivity index (χ1v) is 8.02. The summed E-state index contributed by atoms with van der Waals surface area (Å²) >= 11 is 5.23. The summed E-state index contributed by atoms with van der Waals surface area (Å²) in [4.78, 5) is 37.7. The minimum absolute atomic E-state index is 0.0991. The highest BCUT2D eigenvalue weighted by atomic mass is 35.5. The fourth-order valence-corrected chi connectivity index (χ4v) is 2.44. The predicted molar refractivity (Wildman–Crippen MR) is 74.4 cm³/mol. The van der Waals surface area contributed by atoms with Crippen molar-refractivity contribution in [3.05, 3.63) is 27.7 Å². The zero-order chi connectivity index (χ0) is 18.1. The summed E-state index contributed by atoms with van der Waals surface area (Å²) in [6.45, 7) is -1.03. The van der Waals surface area contributed by atoms with Crippen molar-refractivity contribution >= 4 is 25.3 Å². The van der Waals surface area contributed by atoms with E-state index in [4.69, 9.17) is 21.4 Å². The molecule has 4 unspecified atom stereocenters. The van der Waals surface area contributed by atoms with Crippen molar-refractivity contribution in [2.24, 2.45) is 4.95 Å². The van der Waals surface area contributed by atoms with E-state index in [1.54, 1.807) is 4.95 Å². The lowest BCUT2D eigenvalue weighted by Gasteiger charge is -2.20. The summed E-state index contributed by atoms with van der Waals surface area (Å²) in [5.41, 5.74) is -1.15. The Morgan fingerprint density at radius 2 is 2.29 bits per heavy atom. The van der Waals surface area contributed by atoms with Crippen molar-refractivity contribution in [3.63, 3.8) is 0 Å². The molecule has 11 nitrogen and oxygen atoms in total. The maximum Gasteiger partial charge on any atom is 0.487 e. The molecule has 0 amide bonds. The molecule has 4 atom stereocenters. The lowest BCUT2D eigenvalue weighted by molar-refractivity contribution is -0.140. The molecule has 0 radical (unpaired) electrons. The number of aliphatic hydroxyl groups is 1. The molecule has 0 aromatic carbocycles. The Kier molecular flexibility index (Phi) is 5.32. The fourth-order valence-electron chi connectivity index (χ4n) is 1.94. The van der Waals surface area contributed by atoms with Gasteiger partial charge in [-0.3, -0.25) is 13.9 Å². The van der Waals surface area contributed by atoms with Crippen molar-refractivity contribution in [1.82, 2.24) is 9.55 Å². The van der Waals surface area contributed by atoms with Crippen molar-refractivity contribution in [2.75, 3.05) is 11.4 Å². The number of hydrogen-bond acceptors (Lipinski definition) is 8. The minimum Gasteiger partial charge on any atom is -0.384 e. The highest BCUT2D eigenvalue weighted by molar-refractivity contribution is 7.51. The van der Waals surface area contributed by atoms with Gasteiger partial charge in [-0.25, -0.2) is 9.36 Å². The van der Waals surface area contributed by atoms with E-state index in [0.29, 0.717) is 4.57 Å². The Labute approximate surface area is 136 Å². The van der Waals surface area contributed by atoms with Gasteiger partial charge in [0.15, 0.2) is 6.10 Å². The third kappa shape index (κ3) is 3.61. The van der Waals surface area contributed by atoms with E-state index in [-0.39, 0.29) is 5.82 Å². The number of halogens is 3. The number of ether oxygens (including phenoxy) is 1. The first kappa shape index (κ1) is 18.8. The minimum atomic E-state index is -4.88. The topological polar surface area (TPSA) is 152 Å². The van der Waals surface area contributed by atoms with E-state index in [1.165, 1.54) is 0 Å². The molecule has 3 N–H and O–H groups in total. The Bertz CT molecular complexity index is 734. The van der Waals surface area contributed by atoms with E-state index in [1.807, 2.05) is 4.84 Å². The summed E-state index contributed by atoms with van der Waals surface area (Å²) < 4.78 is 48.6. The first-order valence-electron chi connectivity index (χ1n) is 6.12. The van der Waals surface area contributed by atoms with Gasteiger partial charge in [-0.05, 0) is 6.07 Å². The van der Waals surface area contributed by atoms with Crippen molar-refractivity contribution in [1.29, 1.82) is 0 Å². The summed E-state index contributed by atoms with van der Waals surface area (Å²) in [6, 6.07) is 1.10. The van der Waals surface area contributed by atoms with Crippen molar-refractivity contribution in [3.8, 4) is 0 Å². The van der Waals surface area contributed by atoms with Gasteiger partial charge in [0, 0.05) is 22.9 Å². The van der Waals surface area contributed by atoms with E-state index in [0.717, 1.165) is 12.3 Å². The average molecular weight is 391 g/mol. The number of nitrogens with one attached hydrogen (secondary N) is 1. The van der Waals surface area contributed by atoms with Crippen LogP contribution >= 0.6 is 19.5 Å². The lowest BCUT2D eigenvalue weighted by Crippen LogP contribution is -2.41. The Morgan fingerprint density at radius 3 is 2.83 bits per heavy atom. The third-order valence-corrected chi connectivity index (χ3v) is 3.95. The molecule has 0 saturated carbocycles. The van der Waals surface area contributed by atoms with Gasteiger partial charge in [-0.1, -0.05) is 0 Å². The summed E-state index contributed by atoms with van der Waals surface area (Å²) in [6.07, 6.45) is -5.64. The van der Waals surface area contributed by atoms with Gasteiger partial charge in [-0.15, -0.1) is 4.91 Å². The van der Waals surface area contributed by atoms with Crippen molar-refractivity contribution < 1.29 is 32.6 Å². The molecule has 15 heteroatoms. The van der Waals surface area contributed by atoms with Crippen LogP contribution in [0.5, 0.6) is 0 Å². The quantitative estimate of drug-likeness (QED) is 0.360. The van der Waals surface area contributed by atoms with E-state index in [2.05, 4.69) is 9.51 Å². The second-order valence-corrected chi connectivity index (χ2v) is 6.20. The van der Waals surface area contributed by atoms with Crippen LogP contribution in [-0.2, 0) is 13.8 Å². The van der Waals surface area contributed by atoms with Gasteiger partial charge in [0.1, 0.15) is 11.9 Å². The smallest absolute Gasteiger partial charge is 0.384 e. The molecule has 2 heterocycles. The van der Waals surface area contributed by atoms with Crippen LogP contribution in [0.25, 0.3) is 0 Å². The monoisotopic (exact) mass is 390 g/mol. The van der Waals surface area contributed by atoms with Crippen molar-refractivity contribution in [2.45, 2.75) is 24.4 Å². The highest BCUT2D eigenvalue weighted by Crippen LogP contribution is 2.46. The van der Waals surface area contributed by atoms with Gasteiger partial charge >= 0.3 is 19.4 Å². The number of rotatable bonds is 6. The van der Waals surface area contributed by atoms with Crippen LogP contribution in [0.2, 0.25) is 0 Å². The summed E-state index contributed by atoms with van der Waals surface area (Å²) in [5, 5.41) is 9.61. The molecular weight excluding hydrogens is 381 g/mol. The van der Waals surface area contributed by atoms with Crippen LogP contribution in [0.3, 0.4) is 0 Å². The lowest BCUT2D eigenvalue weighted by atomic mass is 10.1. The molecular formula is C9H10ClF2N4O7P. The third-order valence-electron chi connectivity index (χ3n) is 3.07. The number of nitrogens with zero attached hydrogens (tertiary/aromatic N) is 3. The molecule has 1 aliphatic rings. The zero-order valence-corrected chi connectivity index (χ0v) is 13.1. The van der Waals surface area contributed by atoms with Gasteiger partial charge in [0.2, 0.25) is 6.23 Å². The number of anilines is 1. The van der Waals surface area contributed by atoms with E-state index >= 15 is 0 Å². The number of aromatic nitrogens is 2. The van der Waals surface area contributed by atoms with Crippen LogP contribution in [0.1, 0.15) is 6.23 Å². The molecule has 0 aliphatic carbocycles. The van der Waals surface area contributed by atoms with E-state index in [9.17, 15) is 28.2 Å². The second-order valence-electron chi connectivity index (χ2n) is 4.61. The number of hydrogen-bond donors (Lipinski definition) is 3. The van der Waals surface area contributed by atoms with E-state index < -0.39 is 44.4 Å². The average Bonchev–Trinajstić information content (AvgIpc) is 2.76. The summed E-state index contributed by atoms with van der Waals surface area (Å²) in [5.74, 6) is -4.05. The first-order chi connectivity index (χ1) is 11.1. The molecule has 1 aliphatic heterocycles. The molecule has 0 spiro atoms. The molecule has 1 saturated heterocycles. The fraction of sp³-hybridized carbons (Fsp3) is 0.556. The molecule has 2 rings (SSSR count). The zero-order valence-electron chi connectivity index (χ0n) is 11.5. The Morgan fingerprint density at radius 1 is 1.62 bits per heavy atom. The molecule has 24 heavy (non-hydrogen) atoms. The van der Waals surface area contributed by atoms with Crippen LogP contribution in [0.15, 0.2) is 22.0 Å². The van der Waals surface area contributed by atoms with Crippen LogP contribution in [-0.4, -0.2) is 44.3 Å². The van der Waals surface area contributed by atoms with Gasteiger partial charge in [0.05, 0.1) is 6.61 Å². The Balaban J connectivity index is 2.24. The normalized spacial score (nSPS) is 28.3. The SMILES string of the molecule is O=NP(=O)(O)OCC1OC(n2ccc(NCl)nc2=O)C(F)(F)C1O. The predicted octanol–water partition coefficient (Wildman–Crippen LogP) is 0.586. The number of aliphatic hydroxyl groups excluding tert-OH is 1. The maximum atomic E-state index is 14.1. The largest absolute Gasteiger partial charge is 0.487 e. The van der Waals surface area contributed by atoms with Crippen LogP contribution in [0, 0.1) is 4.91 Å². The van der Waals surface area contributed by atoms with Gasteiger partial charge in [-0.2, -0.15) is 13.8 Å². The molecule has 134 valence electrons. The number of alkyl halides is 2. The molecule has 1 fully saturated rings. The number of nitroso groups, excluding NO2 is 1. The second kappa shape index (κ2) is 6.78. The summed E-state index contributed by atoms with van der Waals surface area (Å²) in [7, 11) is -4.88. The van der Waals surface area contributed by atoms with Gasteiger partial charge < -0.3 is 14.7 Å². The highest BCUT2D eigenvalue weighted by Gasteiger charge is 2.60. The Hall–Kier alpha value is -1.50. The van der Waals surface area contributed by atoms with Crippen LogP contribution in [0.4, 0.5) is 14.6 Å². The standard InChI is InChI=1S/C9H10ClF2N4O7P/c10-14-5-1-2-16(8(18)13-5)7-9(11,12)6(17)4(23-7)3-22-24(20,21)15-19/h1-2,4,6-7,17H,3H2,(H,20,21)(H,13,14,18).